The van der Waals surface area contributed by atoms with Gasteiger partial charge in [0.1, 0.15) is 17.3 Å². The van der Waals surface area contributed by atoms with Crippen molar-refractivity contribution >= 4 is 39.9 Å². The van der Waals surface area contributed by atoms with E-state index in [9.17, 15) is 10.1 Å². The maximum Gasteiger partial charge on any atom is 0.252 e. The van der Waals surface area contributed by atoms with Crippen LogP contribution in [0.25, 0.3) is 11.0 Å². The standard InChI is InChI=1S/C31H31Cl2N5O/c1-4-25-19-38(31(20-6-10-22(32)11-7-20)21-8-12-23(33)13-9-21)26(5-2)18-37(25)28-16-29(39)36(3)27-15-14-24(17-34)35-30(27)28/h6-16,25-26,31H,4-5,18-19H2,1-3H3/t25-,26+/m0/s1. The van der Waals surface area contributed by atoms with Gasteiger partial charge in [0, 0.05) is 48.3 Å². The quantitative estimate of drug-likeness (QED) is 0.267. The molecule has 0 aliphatic carbocycles. The smallest absolute Gasteiger partial charge is 0.252 e. The predicted molar refractivity (Wildman–Crippen MR) is 159 cm³/mol. The van der Waals surface area contributed by atoms with Gasteiger partial charge in [0.2, 0.25) is 0 Å². The third kappa shape index (κ3) is 5.27. The van der Waals surface area contributed by atoms with Crippen LogP contribution in [0.5, 0.6) is 0 Å². The van der Waals surface area contributed by atoms with Crippen LogP contribution in [0.1, 0.15) is 49.6 Å². The molecule has 2 atom stereocenters. The third-order valence-corrected chi connectivity index (χ3v) is 8.38. The molecule has 1 saturated heterocycles. The van der Waals surface area contributed by atoms with Crippen LogP contribution < -0.4 is 10.5 Å². The molecule has 8 heteroatoms. The number of nitriles is 1. The number of aryl methyl sites for hydroxylation is 1. The van der Waals surface area contributed by atoms with E-state index in [1.165, 1.54) is 11.1 Å². The minimum absolute atomic E-state index is 0.0180. The molecule has 1 aliphatic heterocycles. The molecule has 4 aromatic rings. The predicted octanol–water partition coefficient (Wildman–Crippen LogP) is 6.58. The van der Waals surface area contributed by atoms with Gasteiger partial charge in [-0.1, -0.05) is 61.3 Å². The molecule has 6 nitrogen and oxygen atoms in total. The fourth-order valence-electron chi connectivity index (χ4n) is 5.75. The summed E-state index contributed by atoms with van der Waals surface area (Å²) in [6.07, 6.45) is 1.81. The summed E-state index contributed by atoms with van der Waals surface area (Å²) in [7, 11) is 1.75. The molecule has 200 valence electrons. The van der Waals surface area contributed by atoms with E-state index < -0.39 is 0 Å². The summed E-state index contributed by atoms with van der Waals surface area (Å²) < 4.78 is 1.60. The second-order valence-corrected chi connectivity index (χ2v) is 11.0. The number of hydrogen-bond donors (Lipinski definition) is 0. The molecular weight excluding hydrogens is 529 g/mol. The lowest BCUT2D eigenvalue weighted by molar-refractivity contribution is 0.111. The second kappa shape index (κ2) is 11.4. The van der Waals surface area contributed by atoms with Crippen molar-refractivity contribution in [2.24, 2.45) is 7.05 Å². The van der Waals surface area contributed by atoms with Crippen molar-refractivity contribution in [3.8, 4) is 6.07 Å². The minimum Gasteiger partial charge on any atom is -0.364 e. The Hall–Kier alpha value is -3.37. The van der Waals surface area contributed by atoms with E-state index in [0.29, 0.717) is 21.3 Å². The summed E-state index contributed by atoms with van der Waals surface area (Å²) in [6.45, 7) is 5.91. The van der Waals surface area contributed by atoms with E-state index >= 15 is 0 Å². The Kier molecular flexibility index (Phi) is 7.95. The van der Waals surface area contributed by atoms with Gasteiger partial charge in [-0.2, -0.15) is 5.26 Å². The number of anilines is 1. The Bertz CT molecular complexity index is 1530. The van der Waals surface area contributed by atoms with Gasteiger partial charge in [-0.25, -0.2) is 4.98 Å². The highest BCUT2D eigenvalue weighted by molar-refractivity contribution is 6.30. The molecule has 0 bridgehead atoms. The van der Waals surface area contributed by atoms with Crippen molar-refractivity contribution in [3.05, 3.63) is 104 Å². The van der Waals surface area contributed by atoms with E-state index in [1.54, 1.807) is 23.7 Å². The Morgan fingerprint density at radius 1 is 0.923 bits per heavy atom. The highest BCUT2D eigenvalue weighted by Gasteiger charge is 2.38. The molecule has 3 heterocycles. The number of hydrogen-bond acceptors (Lipinski definition) is 5. The Labute approximate surface area is 239 Å². The Morgan fingerprint density at radius 3 is 2.05 bits per heavy atom. The number of nitrogens with zero attached hydrogens (tertiary/aromatic N) is 5. The number of fused-ring (bicyclic) bond motifs is 1. The summed E-state index contributed by atoms with van der Waals surface area (Å²) in [4.78, 5) is 22.6. The summed E-state index contributed by atoms with van der Waals surface area (Å²) in [6, 6.07) is 23.8. The van der Waals surface area contributed by atoms with Gasteiger partial charge >= 0.3 is 0 Å². The molecule has 0 saturated carbocycles. The van der Waals surface area contributed by atoms with E-state index in [-0.39, 0.29) is 23.7 Å². The van der Waals surface area contributed by atoms with Gasteiger partial charge in [0.05, 0.1) is 17.2 Å². The number of pyridine rings is 2. The second-order valence-electron chi connectivity index (χ2n) is 10.1. The van der Waals surface area contributed by atoms with Crippen LogP contribution in [-0.2, 0) is 7.05 Å². The van der Waals surface area contributed by atoms with Crippen LogP contribution in [0.3, 0.4) is 0 Å². The van der Waals surface area contributed by atoms with Crippen LogP contribution in [0.15, 0.2) is 71.5 Å². The molecule has 2 aromatic heterocycles. The summed E-state index contributed by atoms with van der Waals surface area (Å²) in [5.74, 6) is 0. The molecule has 0 radical (unpaired) electrons. The van der Waals surface area contributed by atoms with Crippen molar-refractivity contribution in [1.82, 2.24) is 14.5 Å². The van der Waals surface area contributed by atoms with E-state index in [2.05, 4.69) is 59.0 Å². The topological polar surface area (TPSA) is 65.2 Å². The fraction of sp³-hybridized carbons (Fsp3) is 0.323. The van der Waals surface area contributed by atoms with Crippen molar-refractivity contribution < 1.29 is 0 Å². The van der Waals surface area contributed by atoms with Gasteiger partial charge in [-0.15, -0.1) is 0 Å². The Morgan fingerprint density at radius 2 is 1.51 bits per heavy atom. The molecule has 0 N–H and O–H groups in total. The SMILES string of the molecule is CC[C@H]1CN(C(c2ccc(Cl)cc2)c2ccc(Cl)cc2)[C@H](CC)CN1c1cc(=O)n(C)c2ccc(C#N)nc12. The number of piperazine rings is 1. The molecule has 2 aromatic carbocycles. The first-order chi connectivity index (χ1) is 18.8. The highest BCUT2D eigenvalue weighted by Crippen LogP contribution is 2.38. The summed E-state index contributed by atoms with van der Waals surface area (Å²) in [5, 5.41) is 10.9. The number of benzene rings is 2. The van der Waals surface area contributed by atoms with E-state index in [4.69, 9.17) is 23.2 Å². The summed E-state index contributed by atoms with van der Waals surface area (Å²) in [5.41, 5.74) is 4.79. The zero-order chi connectivity index (χ0) is 27.7. The van der Waals surface area contributed by atoms with E-state index in [1.807, 2.05) is 30.3 Å². The lowest BCUT2D eigenvalue weighted by atomic mass is 9.91. The van der Waals surface area contributed by atoms with Crippen LogP contribution in [0, 0.1) is 11.3 Å². The molecular formula is C31H31Cl2N5O. The largest absolute Gasteiger partial charge is 0.364 e. The number of aromatic nitrogens is 2. The van der Waals surface area contributed by atoms with Gasteiger partial charge in [-0.05, 0) is 60.4 Å². The highest BCUT2D eigenvalue weighted by atomic mass is 35.5. The van der Waals surface area contributed by atoms with Gasteiger partial charge in [0.15, 0.2) is 0 Å². The first-order valence-electron chi connectivity index (χ1n) is 13.3. The zero-order valence-corrected chi connectivity index (χ0v) is 23.8. The fourth-order valence-corrected chi connectivity index (χ4v) is 6.01. The monoisotopic (exact) mass is 559 g/mol. The van der Waals surface area contributed by atoms with Crippen molar-refractivity contribution in [3.63, 3.8) is 0 Å². The van der Waals surface area contributed by atoms with Gasteiger partial charge in [-0.3, -0.25) is 9.69 Å². The first-order valence-corrected chi connectivity index (χ1v) is 14.0. The zero-order valence-electron chi connectivity index (χ0n) is 22.3. The van der Waals surface area contributed by atoms with Crippen LogP contribution >= 0.6 is 23.2 Å². The van der Waals surface area contributed by atoms with Crippen molar-refractivity contribution in [2.75, 3.05) is 18.0 Å². The first kappa shape index (κ1) is 27.2. The maximum atomic E-state index is 13.0. The average Bonchev–Trinajstić information content (AvgIpc) is 2.96. The van der Waals surface area contributed by atoms with Crippen LogP contribution in [0.2, 0.25) is 10.0 Å². The number of halogens is 2. The molecule has 0 unspecified atom stereocenters. The van der Waals surface area contributed by atoms with Crippen molar-refractivity contribution in [1.29, 1.82) is 5.26 Å². The number of rotatable bonds is 6. The average molecular weight is 561 g/mol. The lowest BCUT2D eigenvalue weighted by Crippen LogP contribution is -2.59. The third-order valence-electron chi connectivity index (χ3n) is 7.88. The molecule has 1 fully saturated rings. The van der Waals surface area contributed by atoms with E-state index in [0.717, 1.165) is 37.1 Å². The van der Waals surface area contributed by atoms with Gasteiger partial charge in [0.25, 0.3) is 5.56 Å². The maximum absolute atomic E-state index is 13.0. The molecule has 0 spiro atoms. The molecule has 1 aliphatic rings. The minimum atomic E-state index is -0.0884. The normalized spacial score (nSPS) is 18.0. The van der Waals surface area contributed by atoms with Crippen LogP contribution in [0.4, 0.5) is 5.69 Å². The molecule has 39 heavy (non-hydrogen) atoms. The lowest BCUT2D eigenvalue weighted by Gasteiger charge is -2.50. The Balaban J connectivity index is 1.61. The summed E-state index contributed by atoms with van der Waals surface area (Å²) >= 11 is 12.5. The van der Waals surface area contributed by atoms with Gasteiger partial charge < -0.3 is 9.47 Å². The van der Waals surface area contributed by atoms with Crippen molar-refractivity contribution in [2.45, 2.75) is 44.8 Å². The van der Waals surface area contributed by atoms with Crippen LogP contribution in [-0.4, -0.2) is 39.6 Å². The molecule has 5 rings (SSSR count). The molecule has 0 amide bonds.